The second-order valence-electron chi connectivity index (χ2n) is 5.03. The maximum absolute atomic E-state index is 12.0. The van der Waals surface area contributed by atoms with Gasteiger partial charge >= 0.3 is 0 Å². The quantitative estimate of drug-likeness (QED) is 0.578. The number of carbonyl (C=O) groups is 1. The molecule has 0 unspecified atom stereocenters. The van der Waals surface area contributed by atoms with Crippen LogP contribution in [0.15, 0.2) is 64.5 Å². The third-order valence-corrected chi connectivity index (χ3v) is 5.80. The number of carbonyl (C=O) groups excluding carboxylic acids is 1. The van der Waals surface area contributed by atoms with Crippen LogP contribution >= 0.6 is 39.0 Å². The molecule has 6 heteroatoms. The van der Waals surface area contributed by atoms with Crippen LogP contribution in [0.4, 0.5) is 5.69 Å². The summed E-state index contributed by atoms with van der Waals surface area (Å²) < 4.78 is 0.885. The van der Waals surface area contributed by atoms with E-state index in [0.29, 0.717) is 5.75 Å². The molecule has 0 bridgehead atoms. The van der Waals surface area contributed by atoms with Gasteiger partial charge in [0.2, 0.25) is 5.91 Å². The van der Waals surface area contributed by atoms with Crippen LogP contribution in [0.1, 0.15) is 5.69 Å². The van der Waals surface area contributed by atoms with Crippen molar-refractivity contribution in [2.75, 3.05) is 11.1 Å². The third-order valence-electron chi connectivity index (χ3n) is 3.20. The van der Waals surface area contributed by atoms with Crippen molar-refractivity contribution >= 4 is 50.6 Å². The third kappa shape index (κ3) is 4.69. The first-order valence-corrected chi connectivity index (χ1v) is 10.2. The summed E-state index contributed by atoms with van der Waals surface area (Å²) in [6, 6.07) is 17.7. The molecular weight excluding hydrogens is 404 g/mol. The normalized spacial score (nSPS) is 10.5. The average Bonchev–Trinajstić information content (AvgIpc) is 3.07. The van der Waals surface area contributed by atoms with Crippen LogP contribution < -0.4 is 5.32 Å². The van der Waals surface area contributed by atoms with Gasteiger partial charge in [-0.25, -0.2) is 4.98 Å². The van der Waals surface area contributed by atoms with Gasteiger partial charge in [0.05, 0.1) is 17.1 Å². The second-order valence-corrected chi connectivity index (χ2v) is 7.73. The zero-order valence-corrected chi connectivity index (χ0v) is 16.0. The van der Waals surface area contributed by atoms with Gasteiger partial charge in [-0.15, -0.1) is 23.1 Å². The molecule has 1 N–H and O–H groups in total. The van der Waals surface area contributed by atoms with E-state index >= 15 is 0 Å². The van der Waals surface area contributed by atoms with Gasteiger partial charge in [-0.3, -0.25) is 4.79 Å². The minimum Gasteiger partial charge on any atom is -0.324 e. The van der Waals surface area contributed by atoms with Crippen molar-refractivity contribution in [2.45, 2.75) is 5.75 Å². The van der Waals surface area contributed by atoms with E-state index in [1.807, 2.05) is 42.5 Å². The molecule has 0 spiro atoms. The largest absolute Gasteiger partial charge is 0.324 e. The van der Waals surface area contributed by atoms with E-state index in [-0.39, 0.29) is 5.91 Å². The molecule has 3 aromatic rings. The van der Waals surface area contributed by atoms with E-state index in [2.05, 4.69) is 43.7 Å². The van der Waals surface area contributed by atoms with E-state index in [0.717, 1.165) is 32.2 Å². The number of hydrogen-bond donors (Lipinski definition) is 1. The van der Waals surface area contributed by atoms with Crippen molar-refractivity contribution < 1.29 is 4.79 Å². The fourth-order valence-corrected chi connectivity index (χ4v) is 4.12. The fourth-order valence-electron chi connectivity index (χ4n) is 2.08. The first-order valence-electron chi connectivity index (χ1n) is 7.34. The smallest absolute Gasteiger partial charge is 0.234 e. The number of para-hydroxylation sites is 1. The Labute approximate surface area is 157 Å². The molecular formula is C18H15BrN2OS2. The molecule has 122 valence electrons. The molecule has 0 aliphatic carbocycles. The Balaban J connectivity index is 1.49. The van der Waals surface area contributed by atoms with Crippen molar-refractivity contribution in [1.29, 1.82) is 0 Å². The van der Waals surface area contributed by atoms with E-state index < -0.39 is 0 Å². The van der Waals surface area contributed by atoms with Crippen molar-refractivity contribution in [2.24, 2.45) is 0 Å². The van der Waals surface area contributed by atoms with Gasteiger partial charge in [-0.2, -0.15) is 0 Å². The van der Waals surface area contributed by atoms with Crippen LogP contribution in [0.5, 0.6) is 0 Å². The lowest BCUT2D eigenvalue weighted by Gasteiger charge is -2.06. The number of anilines is 1. The molecule has 0 atom stereocenters. The molecule has 1 aromatic heterocycles. The molecule has 0 radical (unpaired) electrons. The van der Waals surface area contributed by atoms with Crippen LogP contribution in [0.25, 0.3) is 10.6 Å². The Kier molecular flexibility index (Phi) is 6.07. The van der Waals surface area contributed by atoms with Crippen LogP contribution in [-0.2, 0) is 10.5 Å². The predicted molar refractivity (Wildman–Crippen MR) is 106 cm³/mol. The Morgan fingerprint density at radius 1 is 1.12 bits per heavy atom. The number of aromatic nitrogens is 1. The topological polar surface area (TPSA) is 42.0 Å². The Morgan fingerprint density at radius 2 is 1.88 bits per heavy atom. The number of thioether (sulfide) groups is 1. The van der Waals surface area contributed by atoms with Gasteiger partial charge < -0.3 is 5.32 Å². The highest BCUT2D eigenvalue weighted by atomic mass is 79.9. The lowest BCUT2D eigenvalue weighted by Crippen LogP contribution is -2.14. The molecule has 1 heterocycles. The van der Waals surface area contributed by atoms with Crippen molar-refractivity contribution in [3.8, 4) is 10.6 Å². The number of amides is 1. The van der Waals surface area contributed by atoms with Gasteiger partial charge in [0.15, 0.2) is 0 Å². The lowest BCUT2D eigenvalue weighted by molar-refractivity contribution is -0.113. The number of rotatable bonds is 6. The summed E-state index contributed by atoms with van der Waals surface area (Å²) in [6.45, 7) is 0. The monoisotopic (exact) mass is 418 g/mol. The molecule has 0 aliphatic rings. The molecule has 0 fully saturated rings. The van der Waals surface area contributed by atoms with Gasteiger partial charge in [-0.1, -0.05) is 42.5 Å². The number of benzene rings is 2. The molecule has 3 nitrogen and oxygen atoms in total. The molecule has 2 aromatic carbocycles. The maximum Gasteiger partial charge on any atom is 0.234 e. The number of hydrogen-bond acceptors (Lipinski definition) is 4. The summed E-state index contributed by atoms with van der Waals surface area (Å²) in [4.78, 5) is 16.6. The van der Waals surface area contributed by atoms with Crippen molar-refractivity contribution in [3.05, 3.63) is 70.1 Å². The van der Waals surface area contributed by atoms with Crippen molar-refractivity contribution in [3.63, 3.8) is 0 Å². The number of nitrogens with one attached hydrogen (secondary N) is 1. The zero-order valence-electron chi connectivity index (χ0n) is 12.7. The van der Waals surface area contributed by atoms with Crippen LogP contribution in [0.3, 0.4) is 0 Å². The molecule has 24 heavy (non-hydrogen) atoms. The molecule has 0 saturated heterocycles. The Bertz CT molecular complexity index is 821. The highest BCUT2D eigenvalue weighted by molar-refractivity contribution is 9.10. The second kappa shape index (κ2) is 8.46. The summed E-state index contributed by atoms with van der Waals surface area (Å²) in [5, 5.41) is 5.98. The fraction of sp³-hybridized carbons (Fsp3) is 0.111. The predicted octanol–water partition coefficient (Wildman–Crippen LogP) is 5.44. The van der Waals surface area contributed by atoms with Crippen LogP contribution in [0, 0.1) is 0 Å². The van der Waals surface area contributed by atoms with Gasteiger partial charge in [0.1, 0.15) is 5.01 Å². The highest BCUT2D eigenvalue weighted by Gasteiger charge is 2.08. The minimum absolute atomic E-state index is 0.00888. The molecule has 3 rings (SSSR count). The minimum atomic E-state index is -0.00888. The number of halogens is 1. The standard InChI is InChI=1S/C18H15BrN2OS2/c19-15-8-4-5-9-16(15)21-17(22)12-23-10-14-11-24-18(20-14)13-6-2-1-3-7-13/h1-9,11H,10,12H2,(H,21,22). The summed E-state index contributed by atoms with van der Waals surface area (Å²) in [6.07, 6.45) is 0. The van der Waals surface area contributed by atoms with Gasteiger partial charge in [0, 0.05) is 21.2 Å². The number of nitrogens with zero attached hydrogens (tertiary/aromatic N) is 1. The zero-order chi connectivity index (χ0) is 16.8. The van der Waals surface area contributed by atoms with Gasteiger partial charge in [-0.05, 0) is 28.1 Å². The first kappa shape index (κ1) is 17.2. The summed E-state index contributed by atoms with van der Waals surface area (Å²) in [7, 11) is 0. The van der Waals surface area contributed by atoms with Gasteiger partial charge in [0.25, 0.3) is 0 Å². The Morgan fingerprint density at radius 3 is 2.67 bits per heavy atom. The SMILES string of the molecule is O=C(CSCc1csc(-c2ccccc2)n1)Nc1ccccc1Br. The lowest BCUT2D eigenvalue weighted by atomic mass is 10.2. The maximum atomic E-state index is 12.0. The Hall–Kier alpha value is -1.63. The van der Waals surface area contributed by atoms with E-state index in [4.69, 9.17) is 0 Å². The van der Waals surface area contributed by atoms with Crippen molar-refractivity contribution in [1.82, 2.24) is 4.98 Å². The summed E-state index contributed by atoms with van der Waals surface area (Å²) >= 11 is 6.62. The van der Waals surface area contributed by atoms with Crippen LogP contribution in [-0.4, -0.2) is 16.6 Å². The number of thiazole rings is 1. The van der Waals surface area contributed by atoms with Crippen LogP contribution in [0.2, 0.25) is 0 Å². The molecule has 0 saturated carbocycles. The average molecular weight is 419 g/mol. The summed E-state index contributed by atoms with van der Waals surface area (Å²) in [5.74, 6) is 1.12. The first-order chi connectivity index (χ1) is 11.7. The summed E-state index contributed by atoms with van der Waals surface area (Å²) in [5.41, 5.74) is 2.94. The van der Waals surface area contributed by atoms with E-state index in [9.17, 15) is 4.79 Å². The molecule has 0 aliphatic heterocycles. The van der Waals surface area contributed by atoms with E-state index in [1.165, 1.54) is 0 Å². The highest BCUT2D eigenvalue weighted by Crippen LogP contribution is 2.25. The van der Waals surface area contributed by atoms with E-state index in [1.54, 1.807) is 23.1 Å². The molecule has 1 amide bonds.